The van der Waals surface area contributed by atoms with Crippen LogP contribution in [0.1, 0.15) is 46.5 Å². The first-order valence-corrected chi connectivity index (χ1v) is 10.0. The lowest BCUT2D eigenvalue weighted by molar-refractivity contribution is -0.458. The molecule has 0 radical (unpaired) electrons. The van der Waals surface area contributed by atoms with Crippen molar-refractivity contribution in [3.05, 3.63) is 0 Å². The number of Topliss-reactive ketones (excluding diaryl/α,β-unsaturated/α-hetero) is 1. The van der Waals surface area contributed by atoms with Crippen molar-refractivity contribution in [1.82, 2.24) is 0 Å². The largest absolute Gasteiger partial charge is 0.392 e. The minimum atomic E-state index is -2.08. The second-order valence-corrected chi connectivity index (χ2v) is 10.3. The quantitative estimate of drug-likeness (QED) is 0.496. The second kappa shape index (κ2) is 4.71. The van der Waals surface area contributed by atoms with Gasteiger partial charge in [0.25, 0.3) is 0 Å². The average molecular weight is 366 g/mol. The summed E-state index contributed by atoms with van der Waals surface area (Å²) in [7, 11) is 0. The normalized spacial score (nSPS) is 62.7. The van der Waals surface area contributed by atoms with Gasteiger partial charge in [0.1, 0.15) is 11.5 Å². The van der Waals surface area contributed by atoms with Crippen LogP contribution in [0, 0.1) is 39.9 Å². The Hall–Kier alpha value is -0.530. The first-order valence-electron chi connectivity index (χ1n) is 10.0. The number of carbonyl (C=O) groups excluding carboxylic acids is 1. The molecule has 0 aromatic heterocycles. The first kappa shape index (κ1) is 17.6. The molecule has 0 aromatic rings. The third-order valence-corrected chi connectivity index (χ3v) is 9.28. The van der Waals surface area contributed by atoms with E-state index in [9.17, 15) is 25.2 Å². The van der Waals surface area contributed by atoms with Crippen molar-refractivity contribution >= 4 is 5.78 Å². The Kier molecular flexibility index (Phi) is 3.18. The standard InChI is InChI=1S/C20H30O6/c1-9-10-4-5-11-18-8-26-20(25,19(11,14(9)22)15(10)23)16(24)13(18)17(2,3)7-6-12(18)21/h9-13,15-16,21,23-25H,4-8H2,1-3H3/t9-,10+,11+,12+,13-,15-,16+,18-,19+,20-/m1/s1. The van der Waals surface area contributed by atoms with Crippen LogP contribution in [0.3, 0.4) is 0 Å². The van der Waals surface area contributed by atoms with Gasteiger partial charge in [-0.1, -0.05) is 20.8 Å². The zero-order valence-electron chi connectivity index (χ0n) is 15.7. The van der Waals surface area contributed by atoms with Crippen LogP contribution in [0.4, 0.5) is 0 Å². The predicted molar refractivity (Wildman–Crippen MR) is 90.7 cm³/mol. The highest BCUT2D eigenvalue weighted by atomic mass is 16.6. The number of hydrogen-bond acceptors (Lipinski definition) is 6. The van der Waals surface area contributed by atoms with Crippen molar-refractivity contribution in [2.24, 2.45) is 39.9 Å². The number of aliphatic hydroxyl groups excluding tert-OH is 3. The van der Waals surface area contributed by atoms with Crippen molar-refractivity contribution in [3.8, 4) is 0 Å². The molecule has 2 aliphatic heterocycles. The molecule has 2 heterocycles. The van der Waals surface area contributed by atoms with Crippen molar-refractivity contribution in [1.29, 1.82) is 0 Å². The number of rotatable bonds is 0. The van der Waals surface area contributed by atoms with Gasteiger partial charge in [-0.3, -0.25) is 4.79 Å². The monoisotopic (exact) mass is 366 g/mol. The van der Waals surface area contributed by atoms with Crippen LogP contribution in [0.2, 0.25) is 0 Å². The van der Waals surface area contributed by atoms with E-state index in [4.69, 9.17) is 4.74 Å². The Morgan fingerprint density at radius 2 is 1.77 bits per heavy atom. The highest BCUT2D eigenvalue weighted by Crippen LogP contribution is 2.76. The van der Waals surface area contributed by atoms with Crippen LogP contribution >= 0.6 is 0 Å². The van der Waals surface area contributed by atoms with Gasteiger partial charge in [0.15, 0.2) is 5.78 Å². The van der Waals surface area contributed by atoms with E-state index in [-0.39, 0.29) is 41.5 Å². The van der Waals surface area contributed by atoms with Crippen LogP contribution in [0.15, 0.2) is 0 Å². The summed E-state index contributed by atoms with van der Waals surface area (Å²) in [5.41, 5.74) is -2.64. The summed E-state index contributed by atoms with van der Waals surface area (Å²) >= 11 is 0. The highest BCUT2D eigenvalue weighted by molar-refractivity contribution is 5.93. The van der Waals surface area contributed by atoms with Gasteiger partial charge in [-0.15, -0.1) is 0 Å². The number of aliphatic hydroxyl groups is 4. The zero-order chi connectivity index (χ0) is 18.9. The maximum absolute atomic E-state index is 13.4. The van der Waals surface area contributed by atoms with Gasteiger partial charge < -0.3 is 25.2 Å². The predicted octanol–water partition coefficient (Wildman–Crippen LogP) is 0.455. The molecule has 0 amide bonds. The number of ether oxygens (including phenoxy) is 1. The molecular formula is C20H30O6. The minimum absolute atomic E-state index is 0.126. The zero-order valence-corrected chi connectivity index (χ0v) is 15.7. The highest BCUT2D eigenvalue weighted by Gasteiger charge is 2.87. The van der Waals surface area contributed by atoms with Gasteiger partial charge >= 0.3 is 0 Å². The fourth-order valence-corrected chi connectivity index (χ4v) is 8.27. The van der Waals surface area contributed by atoms with E-state index in [0.29, 0.717) is 19.3 Å². The van der Waals surface area contributed by atoms with Crippen LogP contribution in [0.25, 0.3) is 0 Å². The maximum Gasteiger partial charge on any atom is 0.208 e. The SMILES string of the molecule is C[C@H]1C(=O)[C@]23[C@H](O)[C@H]1CC[C@H]2[C@@]12CO[C@]3(O)[C@@H](O)[C@@H]1C(C)(C)CC[C@@H]2O. The summed E-state index contributed by atoms with van der Waals surface area (Å²) in [4.78, 5) is 13.4. The fourth-order valence-electron chi connectivity index (χ4n) is 8.27. The van der Waals surface area contributed by atoms with E-state index in [0.717, 1.165) is 6.42 Å². The van der Waals surface area contributed by atoms with Crippen molar-refractivity contribution in [2.75, 3.05) is 6.61 Å². The van der Waals surface area contributed by atoms with E-state index in [1.807, 2.05) is 6.92 Å². The minimum Gasteiger partial charge on any atom is -0.392 e. The number of carbonyl (C=O) groups is 1. The van der Waals surface area contributed by atoms with Crippen LogP contribution in [-0.2, 0) is 9.53 Å². The van der Waals surface area contributed by atoms with Gasteiger partial charge in [-0.05, 0) is 42.9 Å². The summed E-state index contributed by atoms with van der Waals surface area (Å²) in [5.74, 6) is -3.63. The maximum atomic E-state index is 13.4. The topological polar surface area (TPSA) is 107 Å². The van der Waals surface area contributed by atoms with Crippen LogP contribution < -0.4 is 0 Å². The Morgan fingerprint density at radius 3 is 2.46 bits per heavy atom. The lowest BCUT2D eigenvalue weighted by atomic mass is 9.35. The molecule has 0 aromatic carbocycles. The van der Waals surface area contributed by atoms with E-state index >= 15 is 0 Å². The Balaban J connectivity index is 1.80. The average Bonchev–Trinajstić information content (AvgIpc) is 2.69. The van der Waals surface area contributed by atoms with Gasteiger partial charge in [0.2, 0.25) is 5.79 Å². The van der Waals surface area contributed by atoms with E-state index in [1.165, 1.54) is 0 Å². The molecule has 4 saturated carbocycles. The second-order valence-electron chi connectivity index (χ2n) is 10.3. The third kappa shape index (κ3) is 1.45. The summed E-state index contributed by atoms with van der Waals surface area (Å²) in [6, 6.07) is 0. The fraction of sp³-hybridized carbons (Fsp3) is 0.950. The Morgan fingerprint density at radius 1 is 1.08 bits per heavy atom. The molecule has 26 heavy (non-hydrogen) atoms. The van der Waals surface area contributed by atoms with E-state index in [2.05, 4.69) is 13.8 Å². The number of fused-ring (bicyclic) bond motifs is 2. The molecule has 6 fully saturated rings. The Bertz CT molecular complexity index is 677. The summed E-state index contributed by atoms with van der Waals surface area (Å²) in [6.07, 6.45) is -0.376. The molecule has 6 rings (SSSR count). The summed E-state index contributed by atoms with van der Waals surface area (Å²) in [6.45, 7) is 6.06. The molecule has 6 nitrogen and oxygen atoms in total. The molecule has 2 saturated heterocycles. The molecule has 6 heteroatoms. The molecule has 4 N–H and O–H groups in total. The van der Waals surface area contributed by atoms with Gasteiger partial charge in [-0.2, -0.15) is 0 Å². The molecule has 0 unspecified atom stereocenters. The smallest absolute Gasteiger partial charge is 0.208 e. The lowest BCUT2D eigenvalue weighted by Crippen LogP contribution is -2.85. The molecular weight excluding hydrogens is 336 g/mol. The van der Waals surface area contributed by atoms with Gasteiger partial charge in [0, 0.05) is 17.3 Å². The third-order valence-electron chi connectivity index (χ3n) is 9.28. The van der Waals surface area contributed by atoms with E-state index in [1.54, 1.807) is 0 Å². The number of ketones is 1. The van der Waals surface area contributed by atoms with Crippen molar-refractivity contribution in [3.63, 3.8) is 0 Å². The molecule has 6 aliphatic rings. The molecule has 146 valence electrons. The molecule has 4 aliphatic carbocycles. The van der Waals surface area contributed by atoms with Gasteiger partial charge in [-0.25, -0.2) is 0 Å². The summed E-state index contributed by atoms with van der Waals surface area (Å²) in [5, 5.41) is 45.3. The van der Waals surface area contributed by atoms with Crippen LogP contribution in [-0.4, -0.2) is 56.9 Å². The van der Waals surface area contributed by atoms with E-state index < -0.39 is 34.9 Å². The van der Waals surface area contributed by atoms with Crippen molar-refractivity contribution < 1.29 is 30.0 Å². The number of hydrogen-bond donors (Lipinski definition) is 4. The molecule has 2 spiro atoms. The summed E-state index contributed by atoms with van der Waals surface area (Å²) < 4.78 is 5.84. The lowest BCUT2D eigenvalue weighted by Gasteiger charge is -2.74. The van der Waals surface area contributed by atoms with Crippen molar-refractivity contribution in [2.45, 2.75) is 70.6 Å². The van der Waals surface area contributed by atoms with Crippen LogP contribution in [0.5, 0.6) is 0 Å². The van der Waals surface area contributed by atoms with Gasteiger partial charge in [0.05, 0.1) is 18.8 Å². The molecule has 10 atom stereocenters. The first-order chi connectivity index (χ1) is 12.1. The molecule has 4 bridgehead atoms. The Labute approximate surface area is 153 Å².